The Morgan fingerprint density at radius 3 is 2.76 bits per heavy atom. The molecule has 1 N–H and O–H groups in total. The van der Waals surface area contributed by atoms with Crippen molar-refractivity contribution in [3.05, 3.63) is 40.5 Å². The van der Waals surface area contributed by atoms with Gasteiger partial charge in [0.1, 0.15) is 10.9 Å². The molecular weight excluding hydrogens is 238 g/mol. The van der Waals surface area contributed by atoms with Gasteiger partial charge < -0.3 is 9.84 Å². The average Bonchev–Trinajstić information content (AvgIpc) is 2.58. The minimum Gasteiger partial charge on any atom is -0.378 e. The van der Waals surface area contributed by atoms with Crippen molar-refractivity contribution in [2.45, 2.75) is 26.8 Å². The van der Waals surface area contributed by atoms with Crippen LogP contribution in [-0.2, 0) is 0 Å². The predicted molar refractivity (Wildman–Crippen MR) is 67.3 cm³/mol. The molecule has 1 unspecified atom stereocenters. The van der Waals surface area contributed by atoms with E-state index in [-0.39, 0.29) is 6.04 Å². The number of halogens is 1. The average molecular weight is 252 g/mol. The maximum atomic E-state index is 5.83. The summed E-state index contributed by atoms with van der Waals surface area (Å²) in [5.41, 5.74) is 2.91. The minimum absolute atomic E-state index is 0.111. The lowest BCUT2D eigenvalue weighted by atomic mass is 10.1. The fourth-order valence-electron chi connectivity index (χ4n) is 1.92. The largest absolute Gasteiger partial charge is 0.378 e. The molecule has 0 aliphatic carbocycles. The van der Waals surface area contributed by atoms with Crippen LogP contribution in [0.2, 0.25) is 5.15 Å². The Balaban J connectivity index is 2.20. The Hall–Kier alpha value is -1.55. The molecule has 0 saturated heterocycles. The van der Waals surface area contributed by atoms with E-state index < -0.39 is 0 Å². The van der Waals surface area contributed by atoms with Crippen molar-refractivity contribution in [2.24, 2.45) is 0 Å². The Labute approximate surface area is 105 Å². The highest BCUT2D eigenvalue weighted by Crippen LogP contribution is 2.25. The van der Waals surface area contributed by atoms with Gasteiger partial charge >= 0.3 is 0 Å². The molecule has 0 bridgehead atoms. The lowest BCUT2D eigenvalue weighted by Crippen LogP contribution is -2.08. The maximum absolute atomic E-state index is 5.83. The van der Waals surface area contributed by atoms with Gasteiger partial charge in [-0.2, -0.15) is 0 Å². The maximum Gasteiger partial charge on any atom is 0.139 e. The summed E-state index contributed by atoms with van der Waals surface area (Å²) >= 11 is 5.83. The van der Waals surface area contributed by atoms with Crippen LogP contribution in [0.15, 0.2) is 22.9 Å². The number of anilines is 1. The van der Waals surface area contributed by atoms with Crippen molar-refractivity contribution in [1.82, 2.24) is 10.1 Å². The summed E-state index contributed by atoms with van der Waals surface area (Å²) in [6, 6.07) is 3.77. The molecule has 5 heteroatoms. The summed E-state index contributed by atoms with van der Waals surface area (Å²) in [5, 5.41) is 7.76. The number of aromatic nitrogens is 2. The number of hydrogen-bond donors (Lipinski definition) is 1. The Kier molecular flexibility index (Phi) is 3.33. The number of aryl methyl sites for hydroxylation is 2. The second-order valence-corrected chi connectivity index (χ2v) is 4.36. The molecule has 0 radical (unpaired) electrons. The predicted octanol–water partition coefficient (Wildman–Crippen LogP) is 3.51. The van der Waals surface area contributed by atoms with Crippen LogP contribution in [0, 0.1) is 13.8 Å². The first-order chi connectivity index (χ1) is 8.08. The van der Waals surface area contributed by atoms with Crippen LogP contribution in [0.3, 0.4) is 0 Å². The molecule has 4 nitrogen and oxygen atoms in total. The zero-order chi connectivity index (χ0) is 12.4. The van der Waals surface area contributed by atoms with Crippen molar-refractivity contribution in [2.75, 3.05) is 5.32 Å². The molecule has 2 rings (SSSR count). The molecular formula is C12H14ClN3O. The summed E-state index contributed by atoms with van der Waals surface area (Å²) < 4.78 is 5.15. The normalized spacial score (nSPS) is 12.5. The first-order valence-corrected chi connectivity index (χ1v) is 5.76. The first-order valence-electron chi connectivity index (χ1n) is 5.39. The zero-order valence-electron chi connectivity index (χ0n) is 9.99. The topological polar surface area (TPSA) is 51.0 Å². The molecule has 0 spiro atoms. The Morgan fingerprint density at radius 1 is 1.41 bits per heavy atom. The molecule has 90 valence electrons. The van der Waals surface area contributed by atoms with Crippen molar-refractivity contribution < 1.29 is 4.52 Å². The van der Waals surface area contributed by atoms with E-state index in [1.807, 2.05) is 19.9 Å². The third-order valence-corrected chi connectivity index (χ3v) is 2.84. The van der Waals surface area contributed by atoms with Crippen molar-refractivity contribution >= 4 is 17.3 Å². The van der Waals surface area contributed by atoms with Gasteiger partial charge in [0.15, 0.2) is 0 Å². The van der Waals surface area contributed by atoms with Gasteiger partial charge in [-0.05, 0) is 32.9 Å². The number of nitrogens with one attached hydrogen (secondary N) is 1. The summed E-state index contributed by atoms with van der Waals surface area (Å²) in [6.07, 6.45) is 1.67. The van der Waals surface area contributed by atoms with Gasteiger partial charge in [-0.15, -0.1) is 0 Å². The van der Waals surface area contributed by atoms with Crippen molar-refractivity contribution in [1.29, 1.82) is 0 Å². The first kappa shape index (κ1) is 11.9. The Morgan fingerprint density at radius 2 is 2.18 bits per heavy atom. The lowest BCUT2D eigenvalue weighted by molar-refractivity contribution is 0.392. The monoisotopic (exact) mass is 251 g/mol. The van der Waals surface area contributed by atoms with Gasteiger partial charge in [0.25, 0.3) is 0 Å². The highest BCUT2D eigenvalue weighted by Gasteiger charge is 2.16. The molecule has 17 heavy (non-hydrogen) atoms. The van der Waals surface area contributed by atoms with E-state index in [0.717, 1.165) is 22.7 Å². The van der Waals surface area contributed by atoms with Crippen molar-refractivity contribution in [3.63, 3.8) is 0 Å². The van der Waals surface area contributed by atoms with Crippen LogP contribution < -0.4 is 5.32 Å². The highest BCUT2D eigenvalue weighted by atomic mass is 35.5. The number of hydrogen-bond acceptors (Lipinski definition) is 4. The molecule has 0 aliphatic rings. The fraction of sp³-hybridized carbons (Fsp3) is 0.333. The number of nitrogens with zero attached hydrogens (tertiary/aromatic N) is 2. The van der Waals surface area contributed by atoms with Crippen LogP contribution in [0.1, 0.15) is 30.0 Å². The van der Waals surface area contributed by atoms with Gasteiger partial charge in [0.2, 0.25) is 0 Å². The third kappa shape index (κ3) is 2.58. The molecule has 2 aromatic heterocycles. The standard InChI is InChI=1S/C12H14ClN3O/c1-7(12-8(2)16-17-9(12)3)15-10-4-5-14-11(13)6-10/h4-7H,1-3H3,(H,14,15). The second-order valence-electron chi connectivity index (χ2n) is 3.97. The molecule has 0 saturated carbocycles. The lowest BCUT2D eigenvalue weighted by Gasteiger charge is -2.15. The van der Waals surface area contributed by atoms with Gasteiger partial charge in [0, 0.05) is 17.4 Å². The van der Waals surface area contributed by atoms with E-state index >= 15 is 0 Å². The summed E-state index contributed by atoms with van der Waals surface area (Å²) in [4.78, 5) is 3.94. The quantitative estimate of drug-likeness (QED) is 0.848. The van der Waals surface area contributed by atoms with Crippen LogP contribution in [0.5, 0.6) is 0 Å². The summed E-state index contributed by atoms with van der Waals surface area (Å²) in [6.45, 7) is 5.90. The second kappa shape index (κ2) is 4.75. The number of pyridine rings is 1. The van der Waals surface area contributed by atoms with Crippen LogP contribution in [0.4, 0.5) is 5.69 Å². The summed E-state index contributed by atoms with van der Waals surface area (Å²) in [7, 11) is 0. The molecule has 2 aromatic rings. The minimum atomic E-state index is 0.111. The van der Waals surface area contributed by atoms with Crippen LogP contribution in [0.25, 0.3) is 0 Å². The van der Waals surface area contributed by atoms with E-state index in [2.05, 4.69) is 22.4 Å². The smallest absolute Gasteiger partial charge is 0.139 e. The van der Waals surface area contributed by atoms with E-state index in [1.54, 1.807) is 12.3 Å². The SMILES string of the molecule is Cc1noc(C)c1C(C)Nc1ccnc(Cl)c1. The van der Waals surface area contributed by atoms with Crippen LogP contribution >= 0.6 is 11.6 Å². The molecule has 2 heterocycles. The highest BCUT2D eigenvalue weighted by molar-refractivity contribution is 6.29. The van der Waals surface area contributed by atoms with E-state index in [0.29, 0.717) is 5.15 Å². The van der Waals surface area contributed by atoms with Gasteiger partial charge in [-0.1, -0.05) is 16.8 Å². The third-order valence-electron chi connectivity index (χ3n) is 2.63. The molecule has 0 amide bonds. The van der Waals surface area contributed by atoms with E-state index in [9.17, 15) is 0 Å². The zero-order valence-corrected chi connectivity index (χ0v) is 10.7. The molecule has 0 aromatic carbocycles. The van der Waals surface area contributed by atoms with Crippen molar-refractivity contribution in [3.8, 4) is 0 Å². The van der Waals surface area contributed by atoms with Gasteiger partial charge in [-0.3, -0.25) is 0 Å². The van der Waals surface area contributed by atoms with E-state index in [4.69, 9.17) is 16.1 Å². The van der Waals surface area contributed by atoms with Crippen LogP contribution in [-0.4, -0.2) is 10.1 Å². The molecule has 1 atom stereocenters. The molecule has 0 aliphatic heterocycles. The van der Waals surface area contributed by atoms with Gasteiger partial charge in [-0.25, -0.2) is 4.98 Å². The summed E-state index contributed by atoms with van der Waals surface area (Å²) in [5.74, 6) is 0.836. The molecule has 0 fully saturated rings. The van der Waals surface area contributed by atoms with E-state index in [1.165, 1.54) is 0 Å². The van der Waals surface area contributed by atoms with Gasteiger partial charge in [0.05, 0.1) is 11.7 Å². The Bertz CT molecular complexity index is 505. The number of rotatable bonds is 3. The fourth-order valence-corrected chi connectivity index (χ4v) is 2.10.